The van der Waals surface area contributed by atoms with Crippen LogP contribution in [0.15, 0.2) is 23.2 Å². The fourth-order valence-corrected chi connectivity index (χ4v) is 2.56. The average molecular weight is 292 g/mol. The first-order valence-electron chi connectivity index (χ1n) is 7.67. The molecule has 4 nitrogen and oxygen atoms in total. The van der Waals surface area contributed by atoms with E-state index in [2.05, 4.69) is 39.8 Å². The molecule has 1 heterocycles. The topological polar surface area (TPSA) is 55.8 Å². The summed E-state index contributed by atoms with van der Waals surface area (Å²) in [6.07, 6.45) is 7.89. The van der Waals surface area contributed by atoms with Gasteiger partial charge in [-0.05, 0) is 58.9 Å². The van der Waals surface area contributed by atoms with E-state index in [1.54, 1.807) is 0 Å². The van der Waals surface area contributed by atoms with Crippen LogP contribution in [0.5, 0.6) is 0 Å². The molecule has 1 aliphatic heterocycles. The van der Waals surface area contributed by atoms with E-state index in [1.165, 1.54) is 11.0 Å². The number of rotatable bonds is 5. The number of allylic oxidation sites excluding steroid dienone is 4. The highest BCUT2D eigenvalue weighted by atomic mass is 16.7. The van der Waals surface area contributed by atoms with Crippen molar-refractivity contribution in [2.24, 2.45) is 0 Å². The first-order chi connectivity index (χ1) is 9.71. The van der Waals surface area contributed by atoms with Crippen LogP contribution in [-0.4, -0.2) is 29.4 Å². The molecule has 0 bridgehead atoms. The van der Waals surface area contributed by atoms with Crippen LogP contribution in [0.1, 0.15) is 59.8 Å². The Hall–Kier alpha value is -1.07. The Balaban J connectivity index is 1.94. The molecule has 0 atom stereocenters. The first-order valence-corrected chi connectivity index (χ1v) is 7.67. The molecule has 0 radical (unpaired) electrons. The fraction of sp³-hybridized carbons (Fsp3) is 0.688. The predicted molar refractivity (Wildman–Crippen MR) is 83.0 cm³/mol. The maximum atomic E-state index is 10.5. The quantitative estimate of drug-likeness (QED) is 0.788. The molecule has 21 heavy (non-hydrogen) atoms. The van der Waals surface area contributed by atoms with Crippen LogP contribution >= 0.6 is 0 Å². The minimum Gasteiger partial charge on any atom is -0.481 e. The molecule has 0 spiro atoms. The normalized spacial score (nSPS) is 23.7. The van der Waals surface area contributed by atoms with Gasteiger partial charge in [-0.3, -0.25) is 4.79 Å². The molecule has 1 fully saturated rings. The van der Waals surface area contributed by atoms with Gasteiger partial charge in [0, 0.05) is 6.42 Å². The molecular weight excluding hydrogens is 267 g/mol. The van der Waals surface area contributed by atoms with E-state index in [1.807, 2.05) is 0 Å². The highest BCUT2D eigenvalue weighted by Gasteiger charge is 2.52. The molecule has 1 N–H and O–H groups in total. The maximum absolute atomic E-state index is 10.5. The largest absolute Gasteiger partial charge is 0.490 e. The van der Waals surface area contributed by atoms with Gasteiger partial charge in [0.05, 0.1) is 11.2 Å². The lowest BCUT2D eigenvalue weighted by Gasteiger charge is -2.32. The van der Waals surface area contributed by atoms with Crippen LogP contribution in [0.4, 0.5) is 0 Å². The average Bonchev–Trinajstić information content (AvgIpc) is 2.59. The lowest BCUT2D eigenvalue weighted by Crippen LogP contribution is -2.41. The van der Waals surface area contributed by atoms with Gasteiger partial charge in [0.2, 0.25) is 0 Å². The van der Waals surface area contributed by atoms with Gasteiger partial charge in [0.15, 0.2) is 0 Å². The van der Waals surface area contributed by atoms with Crippen LogP contribution in [0.2, 0.25) is 0 Å². The Kier molecular flexibility index (Phi) is 4.64. The molecule has 5 heteroatoms. The van der Waals surface area contributed by atoms with Crippen molar-refractivity contribution in [1.82, 2.24) is 0 Å². The maximum Gasteiger partial charge on any atom is 0.490 e. The lowest BCUT2D eigenvalue weighted by molar-refractivity contribution is -0.137. The molecule has 0 saturated carbocycles. The minimum atomic E-state index is -0.722. The summed E-state index contributed by atoms with van der Waals surface area (Å²) >= 11 is 0. The Morgan fingerprint density at radius 2 is 1.81 bits per heavy atom. The van der Waals surface area contributed by atoms with Gasteiger partial charge in [-0.1, -0.05) is 17.7 Å². The summed E-state index contributed by atoms with van der Waals surface area (Å²) in [6.45, 7) is 8.24. The highest BCUT2D eigenvalue weighted by Crippen LogP contribution is 2.40. The van der Waals surface area contributed by atoms with Crippen molar-refractivity contribution < 1.29 is 19.2 Å². The van der Waals surface area contributed by atoms with E-state index < -0.39 is 5.97 Å². The molecule has 1 aliphatic carbocycles. The molecular formula is C16H25BO4. The van der Waals surface area contributed by atoms with Crippen molar-refractivity contribution >= 4 is 13.1 Å². The van der Waals surface area contributed by atoms with Crippen LogP contribution < -0.4 is 0 Å². The summed E-state index contributed by atoms with van der Waals surface area (Å²) in [4.78, 5) is 10.5. The van der Waals surface area contributed by atoms with E-state index in [9.17, 15) is 4.79 Å². The second kappa shape index (κ2) is 5.97. The third kappa shape index (κ3) is 3.77. The third-order valence-corrected chi connectivity index (χ3v) is 4.71. The predicted octanol–water partition coefficient (Wildman–Crippen LogP) is 3.52. The molecule has 116 valence electrons. The first kappa shape index (κ1) is 16.3. The number of aliphatic carboxylic acids is 1. The summed E-state index contributed by atoms with van der Waals surface area (Å²) < 4.78 is 12.1. The zero-order valence-corrected chi connectivity index (χ0v) is 13.4. The number of hydrogen-bond acceptors (Lipinski definition) is 3. The zero-order valence-electron chi connectivity index (χ0n) is 13.4. The molecule has 0 aromatic carbocycles. The van der Waals surface area contributed by atoms with Gasteiger partial charge in [-0.2, -0.15) is 0 Å². The molecule has 0 aromatic rings. The Bertz CT molecular complexity index is 461. The molecule has 2 aliphatic rings. The molecule has 1 saturated heterocycles. The van der Waals surface area contributed by atoms with Crippen molar-refractivity contribution in [3.05, 3.63) is 23.2 Å². The van der Waals surface area contributed by atoms with Gasteiger partial charge in [0.25, 0.3) is 0 Å². The van der Waals surface area contributed by atoms with E-state index in [4.69, 9.17) is 14.4 Å². The van der Waals surface area contributed by atoms with E-state index in [0.29, 0.717) is 6.42 Å². The number of carboxylic acid groups (broad SMARTS) is 1. The molecule has 0 amide bonds. The highest BCUT2D eigenvalue weighted by molar-refractivity contribution is 6.54. The van der Waals surface area contributed by atoms with E-state index >= 15 is 0 Å². The van der Waals surface area contributed by atoms with Gasteiger partial charge in [0.1, 0.15) is 0 Å². The van der Waals surface area contributed by atoms with Gasteiger partial charge in [-0.15, -0.1) is 0 Å². The standard InChI is InChI=1S/C16H25BO4/c1-15(2)16(3,4)21-17(20-15)13-10-8-12(9-11-13)6-5-7-14(18)19/h8,10H,5-7,9,11H2,1-4H3,(H,18,19). The van der Waals surface area contributed by atoms with Crippen molar-refractivity contribution in [3.8, 4) is 0 Å². The van der Waals surface area contributed by atoms with E-state index in [-0.39, 0.29) is 24.7 Å². The summed E-state index contributed by atoms with van der Waals surface area (Å²) in [7, 11) is -0.258. The number of carbonyl (C=O) groups is 1. The second-order valence-electron chi connectivity index (χ2n) is 6.90. The summed E-state index contributed by atoms with van der Waals surface area (Å²) in [5.74, 6) is -0.722. The molecule has 0 aromatic heterocycles. The van der Waals surface area contributed by atoms with Crippen LogP contribution in [-0.2, 0) is 14.1 Å². The van der Waals surface area contributed by atoms with Crippen LogP contribution in [0, 0.1) is 0 Å². The summed E-state index contributed by atoms with van der Waals surface area (Å²) in [6, 6.07) is 0. The van der Waals surface area contributed by atoms with Crippen molar-refractivity contribution in [2.45, 2.75) is 71.0 Å². The van der Waals surface area contributed by atoms with Gasteiger partial charge >= 0.3 is 13.1 Å². The Morgan fingerprint density at radius 3 is 2.29 bits per heavy atom. The van der Waals surface area contributed by atoms with Crippen LogP contribution in [0.25, 0.3) is 0 Å². The van der Waals surface area contributed by atoms with Crippen molar-refractivity contribution in [2.75, 3.05) is 0 Å². The van der Waals surface area contributed by atoms with Gasteiger partial charge in [-0.25, -0.2) is 0 Å². The smallest absolute Gasteiger partial charge is 0.481 e. The fourth-order valence-electron chi connectivity index (χ4n) is 2.56. The molecule has 0 unspecified atom stereocenters. The minimum absolute atomic E-state index is 0.241. The van der Waals surface area contributed by atoms with Crippen molar-refractivity contribution in [3.63, 3.8) is 0 Å². The van der Waals surface area contributed by atoms with Gasteiger partial charge < -0.3 is 14.4 Å². The number of hydrogen-bond donors (Lipinski definition) is 1. The van der Waals surface area contributed by atoms with E-state index in [0.717, 1.165) is 19.3 Å². The van der Waals surface area contributed by atoms with Crippen LogP contribution in [0.3, 0.4) is 0 Å². The zero-order chi connectivity index (χ0) is 15.7. The summed E-state index contributed by atoms with van der Waals surface area (Å²) in [5.41, 5.74) is 1.89. The molecule has 2 rings (SSSR count). The monoisotopic (exact) mass is 292 g/mol. The number of carboxylic acids is 1. The third-order valence-electron chi connectivity index (χ3n) is 4.71. The summed E-state index contributed by atoms with van der Waals surface area (Å²) in [5, 5.41) is 8.66. The SMILES string of the molecule is CC1(C)OB(C2=CC=C(CCCC(=O)O)CC2)OC1(C)C. The van der Waals surface area contributed by atoms with Crippen molar-refractivity contribution in [1.29, 1.82) is 0 Å². The second-order valence-corrected chi connectivity index (χ2v) is 6.90. The Labute approximate surface area is 127 Å². The Morgan fingerprint density at radius 1 is 1.19 bits per heavy atom. The lowest BCUT2D eigenvalue weighted by atomic mass is 9.72.